The molecule has 2 aliphatic rings. The molecule has 7 heteroatoms. The van der Waals surface area contributed by atoms with Crippen molar-refractivity contribution in [3.05, 3.63) is 24.3 Å². The van der Waals surface area contributed by atoms with Crippen LogP contribution in [0.1, 0.15) is 25.7 Å². The Labute approximate surface area is 148 Å². The molecule has 0 bridgehead atoms. The third-order valence-electron chi connectivity index (χ3n) is 4.51. The van der Waals surface area contributed by atoms with E-state index in [0.717, 1.165) is 25.1 Å². The van der Waals surface area contributed by atoms with Crippen LogP contribution in [0.3, 0.4) is 0 Å². The van der Waals surface area contributed by atoms with Crippen LogP contribution in [0.2, 0.25) is 0 Å². The zero-order valence-electron chi connectivity index (χ0n) is 13.8. The fourth-order valence-electron chi connectivity index (χ4n) is 3.31. The molecule has 2 N–H and O–H groups in total. The summed E-state index contributed by atoms with van der Waals surface area (Å²) in [5.74, 6) is 0.551. The Bertz CT molecular complexity index is 590. The monoisotopic (exact) mass is 353 g/mol. The first kappa shape index (κ1) is 18.5. The lowest BCUT2D eigenvalue weighted by Gasteiger charge is -2.20. The average molecular weight is 354 g/mol. The highest BCUT2D eigenvalue weighted by Crippen LogP contribution is 2.31. The molecule has 0 spiro atoms. The lowest BCUT2D eigenvalue weighted by Crippen LogP contribution is -2.43. The van der Waals surface area contributed by atoms with Gasteiger partial charge in [0.2, 0.25) is 11.8 Å². The third-order valence-corrected chi connectivity index (χ3v) is 4.51. The van der Waals surface area contributed by atoms with Gasteiger partial charge < -0.3 is 20.3 Å². The Morgan fingerprint density at radius 3 is 2.88 bits per heavy atom. The number of amides is 2. The molecule has 1 aromatic carbocycles. The Kier molecular flexibility index (Phi) is 6.45. The van der Waals surface area contributed by atoms with Gasteiger partial charge in [-0.15, -0.1) is 12.4 Å². The quantitative estimate of drug-likeness (QED) is 0.841. The lowest BCUT2D eigenvalue weighted by atomic mass is 10.1. The maximum absolute atomic E-state index is 12.6. The zero-order valence-corrected chi connectivity index (χ0v) is 14.6. The van der Waals surface area contributed by atoms with Crippen molar-refractivity contribution in [1.29, 1.82) is 0 Å². The molecule has 0 aliphatic carbocycles. The summed E-state index contributed by atoms with van der Waals surface area (Å²) in [6.45, 7) is 1.56. The summed E-state index contributed by atoms with van der Waals surface area (Å²) in [5, 5.41) is 6.18. The second-order valence-electron chi connectivity index (χ2n) is 6.07. The number of para-hydroxylation sites is 2. The number of rotatable bonds is 5. The molecule has 0 saturated carbocycles. The van der Waals surface area contributed by atoms with Gasteiger partial charge in [-0.05, 0) is 37.9 Å². The predicted octanol–water partition coefficient (Wildman–Crippen LogP) is 1.48. The van der Waals surface area contributed by atoms with E-state index in [2.05, 4.69) is 10.6 Å². The van der Waals surface area contributed by atoms with Crippen molar-refractivity contribution in [1.82, 2.24) is 10.6 Å². The topological polar surface area (TPSA) is 70.7 Å². The molecule has 6 nitrogen and oxygen atoms in total. The number of halogens is 1. The highest BCUT2D eigenvalue weighted by Gasteiger charge is 2.35. The van der Waals surface area contributed by atoms with E-state index in [1.54, 1.807) is 12.0 Å². The standard InChI is InChI=1S/C17H23N3O3.ClH/c1-23-15-7-3-2-6-14(15)20-10-8-13(17(20)22)19-16(21)11-12-5-4-9-18-12;/h2-3,6-7,12-13,18H,4-5,8-11H2,1H3,(H,19,21);1H. The summed E-state index contributed by atoms with van der Waals surface area (Å²) in [5.41, 5.74) is 0.759. The van der Waals surface area contributed by atoms with Crippen molar-refractivity contribution in [3.63, 3.8) is 0 Å². The van der Waals surface area contributed by atoms with Gasteiger partial charge in [0.05, 0.1) is 12.8 Å². The van der Waals surface area contributed by atoms with E-state index in [0.29, 0.717) is 25.1 Å². The number of ether oxygens (including phenoxy) is 1. The number of methoxy groups -OCH3 is 1. The minimum atomic E-state index is -0.436. The van der Waals surface area contributed by atoms with Gasteiger partial charge in [0.1, 0.15) is 11.8 Å². The van der Waals surface area contributed by atoms with Crippen LogP contribution in [0.4, 0.5) is 5.69 Å². The molecule has 2 unspecified atom stereocenters. The first-order valence-electron chi connectivity index (χ1n) is 8.16. The molecule has 24 heavy (non-hydrogen) atoms. The molecule has 0 radical (unpaired) electrons. The lowest BCUT2D eigenvalue weighted by molar-refractivity contribution is -0.126. The van der Waals surface area contributed by atoms with Gasteiger partial charge in [0.15, 0.2) is 0 Å². The van der Waals surface area contributed by atoms with Crippen LogP contribution in [0, 0.1) is 0 Å². The Morgan fingerprint density at radius 2 is 2.17 bits per heavy atom. The molecule has 2 saturated heterocycles. The van der Waals surface area contributed by atoms with Gasteiger partial charge in [-0.3, -0.25) is 9.59 Å². The number of nitrogens with zero attached hydrogens (tertiary/aromatic N) is 1. The minimum absolute atomic E-state index is 0. The number of nitrogens with one attached hydrogen (secondary N) is 2. The molecule has 1 aromatic rings. The number of hydrogen-bond acceptors (Lipinski definition) is 4. The largest absolute Gasteiger partial charge is 0.495 e. The van der Waals surface area contributed by atoms with Gasteiger partial charge in [0, 0.05) is 19.0 Å². The number of carbonyl (C=O) groups excluding carboxylic acids is 2. The van der Waals surface area contributed by atoms with Crippen LogP contribution in [-0.4, -0.2) is 44.1 Å². The normalized spacial score (nSPS) is 23.0. The maximum atomic E-state index is 12.6. The molecular weight excluding hydrogens is 330 g/mol. The van der Waals surface area contributed by atoms with Crippen molar-refractivity contribution in [2.75, 3.05) is 25.1 Å². The van der Waals surface area contributed by atoms with Gasteiger partial charge in [-0.25, -0.2) is 0 Å². The van der Waals surface area contributed by atoms with E-state index < -0.39 is 6.04 Å². The van der Waals surface area contributed by atoms with E-state index >= 15 is 0 Å². The molecule has 2 atom stereocenters. The summed E-state index contributed by atoms with van der Waals surface area (Å²) >= 11 is 0. The SMILES string of the molecule is COc1ccccc1N1CCC(NC(=O)CC2CCCN2)C1=O.Cl. The first-order valence-corrected chi connectivity index (χ1v) is 8.16. The minimum Gasteiger partial charge on any atom is -0.495 e. The fraction of sp³-hybridized carbons (Fsp3) is 0.529. The van der Waals surface area contributed by atoms with Gasteiger partial charge in [-0.2, -0.15) is 0 Å². The number of benzene rings is 1. The Morgan fingerprint density at radius 1 is 1.38 bits per heavy atom. The number of anilines is 1. The molecule has 2 fully saturated rings. The second kappa shape index (κ2) is 8.35. The van der Waals surface area contributed by atoms with Crippen molar-refractivity contribution >= 4 is 29.9 Å². The van der Waals surface area contributed by atoms with Crippen molar-refractivity contribution in [2.45, 2.75) is 37.8 Å². The third kappa shape index (κ3) is 3.99. The summed E-state index contributed by atoms with van der Waals surface area (Å²) in [6.07, 6.45) is 3.21. The van der Waals surface area contributed by atoms with Crippen LogP contribution in [0.25, 0.3) is 0 Å². The number of hydrogen-bond donors (Lipinski definition) is 2. The summed E-state index contributed by atoms with van der Waals surface area (Å²) < 4.78 is 5.32. The van der Waals surface area contributed by atoms with E-state index in [9.17, 15) is 9.59 Å². The zero-order chi connectivity index (χ0) is 16.2. The highest BCUT2D eigenvalue weighted by atomic mass is 35.5. The summed E-state index contributed by atoms with van der Waals surface area (Å²) in [6, 6.07) is 7.26. The smallest absolute Gasteiger partial charge is 0.249 e. The molecule has 2 heterocycles. The second-order valence-corrected chi connectivity index (χ2v) is 6.07. The molecule has 2 amide bonds. The summed E-state index contributed by atoms with van der Waals surface area (Å²) in [7, 11) is 1.59. The van der Waals surface area contributed by atoms with Gasteiger partial charge >= 0.3 is 0 Å². The molecule has 2 aliphatic heterocycles. The molecular formula is C17H24ClN3O3. The fourth-order valence-corrected chi connectivity index (χ4v) is 3.31. The Hall–Kier alpha value is -1.79. The van der Waals surface area contributed by atoms with Crippen LogP contribution >= 0.6 is 12.4 Å². The van der Waals surface area contributed by atoms with E-state index in [4.69, 9.17) is 4.74 Å². The van der Waals surface area contributed by atoms with Crippen molar-refractivity contribution < 1.29 is 14.3 Å². The van der Waals surface area contributed by atoms with Crippen molar-refractivity contribution in [3.8, 4) is 5.75 Å². The van der Waals surface area contributed by atoms with Crippen LogP contribution in [0.15, 0.2) is 24.3 Å². The maximum Gasteiger partial charge on any atom is 0.249 e. The first-order chi connectivity index (χ1) is 11.2. The van der Waals surface area contributed by atoms with E-state index in [1.165, 1.54) is 0 Å². The van der Waals surface area contributed by atoms with E-state index in [1.807, 2.05) is 24.3 Å². The van der Waals surface area contributed by atoms with Crippen LogP contribution in [-0.2, 0) is 9.59 Å². The highest BCUT2D eigenvalue weighted by molar-refractivity contribution is 6.02. The molecule has 3 rings (SSSR count). The van der Waals surface area contributed by atoms with Gasteiger partial charge in [-0.1, -0.05) is 12.1 Å². The van der Waals surface area contributed by atoms with Crippen LogP contribution < -0.4 is 20.3 Å². The van der Waals surface area contributed by atoms with Gasteiger partial charge in [0.25, 0.3) is 0 Å². The van der Waals surface area contributed by atoms with Crippen molar-refractivity contribution in [2.24, 2.45) is 0 Å². The number of carbonyl (C=O) groups is 2. The Balaban J connectivity index is 0.00000208. The average Bonchev–Trinajstić information content (AvgIpc) is 3.18. The van der Waals surface area contributed by atoms with E-state index in [-0.39, 0.29) is 30.3 Å². The summed E-state index contributed by atoms with van der Waals surface area (Å²) in [4.78, 5) is 26.4. The predicted molar refractivity (Wildman–Crippen MR) is 94.8 cm³/mol. The van der Waals surface area contributed by atoms with Crippen LogP contribution in [0.5, 0.6) is 5.75 Å². The molecule has 132 valence electrons. The molecule has 0 aromatic heterocycles.